The quantitative estimate of drug-likeness (QED) is 0.506. The van der Waals surface area contributed by atoms with Crippen molar-refractivity contribution in [3.63, 3.8) is 0 Å². The van der Waals surface area contributed by atoms with E-state index in [4.69, 9.17) is 27.4 Å². The summed E-state index contributed by atoms with van der Waals surface area (Å²) in [6, 6.07) is 13.2. The van der Waals surface area contributed by atoms with Crippen LogP contribution < -0.4 is 21.1 Å². The second kappa shape index (κ2) is 9.50. The van der Waals surface area contributed by atoms with Gasteiger partial charge in [-0.2, -0.15) is 0 Å². The Balaban J connectivity index is 1.91. The van der Waals surface area contributed by atoms with Crippen molar-refractivity contribution in [2.45, 2.75) is 0 Å². The second-order valence-corrected chi connectivity index (χ2v) is 5.63. The maximum atomic E-state index is 12.2. The molecule has 0 unspecified atom stereocenters. The maximum absolute atomic E-state index is 12.2. The van der Waals surface area contributed by atoms with Crippen LogP contribution in [0.15, 0.2) is 48.5 Å². The van der Waals surface area contributed by atoms with E-state index in [-0.39, 0.29) is 11.0 Å². The number of methoxy groups -OCH3 is 1. The first kappa shape index (κ1) is 19.4. The van der Waals surface area contributed by atoms with Crippen LogP contribution in [0.5, 0.6) is 5.75 Å². The van der Waals surface area contributed by atoms with Crippen molar-refractivity contribution < 1.29 is 19.1 Å². The van der Waals surface area contributed by atoms with Gasteiger partial charge in [0.15, 0.2) is 5.11 Å². The highest BCUT2D eigenvalue weighted by atomic mass is 32.1. The predicted octanol–water partition coefficient (Wildman–Crippen LogP) is 1.94. The van der Waals surface area contributed by atoms with Crippen LogP contribution >= 0.6 is 12.2 Å². The summed E-state index contributed by atoms with van der Waals surface area (Å²) < 4.78 is 10.3. The number of ether oxygens (including phenoxy) is 2. The Hall–Kier alpha value is -2.97. The van der Waals surface area contributed by atoms with Crippen LogP contribution in [0.4, 0.5) is 5.69 Å². The van der Waals surface area contributed by atoms with Crippen molar-refractivity contribution >= 4 is 34.8 Å². The molecule has 8 heteroatoms. The Bertz CT molecular complexity index is 793. The molecule has 26 heavy (non-hydrogen) atoms. The van der Waals surface area contributed by atoms with E-state index in [1.54, 1.807) is 55.6 Å². The second-order valence-electron chi connectivity index (χ2n) is 5.22. The zero-order valence-corrected chi connectivity index (χ0v) is 15.0. The van der Waals surface area contributed by atoms with E-state index in [1.807, 2.05) is 0 Å². The van der Waals surface area contributed by atoms with Gasteiger partial charge in [-0.15, -0.1) is 0 Å². The van der Waals surface area contributed by atoms with Crippen molar-refractivity contribution in [3.8, 4) is 5.75 Å². The summed E-state index contributed by atoms with van der Waals surface area (Å²) in [5.41, 5.74) is 6.55. The van der Waals surface area contributed by atoms with Gasteiger partial charge >= 0.3 is 0 Å². The fourth-order valence-electron chi connectivity index (χ4n) is 2.03. The van der Waals surface area contributed by atoms with Crippen molar-refractivity contribution in [1.82, 2.24) is 5.32 Å². The Morgan fingerprint density at radius 2 is 1.81 bits per heavy atom. The van der Waals surface area contributed by atoms with Crippen LogP contribution in [0.1, 0.15) is 20.7 Å². The van der Waals surface area contributed by atoms with E-state index >= 15 is 0 Å². The number of carbonyl (C=O) groups is 2. The van der Waals surface area contributed by atoms with Crippen LogP contribution in [0.2, 0.25) is 0 Å². The van der Waals surface area contributed by atoms with Gasteiger partial charge in [-0.25, -0.2) is 0 Å². The maximum Gasteiger partial charge on any atom is 0.257 e. The molecule has 2 rings (SSSR count). The average Bonchev–Trinajstić information content (AvgIpc) is 2.62. The summed E-state index contributed by atoms with van der Waals surface area (Å²) in [6.07, 6.45) is 0. The first-order chi connectivity index (χ1) is 12.5. The summed E-state index contributed by atoms with van der Waals surface area (Å²) >= 11 is 5.12. The number of anilines is 1. The lowest BCUT2D eigenvalue weighted by molar-refractivity contribution is 0.0974. The normalized spacial score (nSPS) is 10.0. The van der Waals surface area contributed by atoms with Gasteiger partial charge in [0.1, 0.15) is 12.4 Å². The molecule has 2 amide bonds. The third-order valence-electron chi connectivity index (χ3n) is 3.30. The summed E-state index contributed by atoms with van der Waals surface area (Å²) in [5.74, 6) is -0.268. The van der Waals surface area contributed by atoms with Crippen molar-refractivity contribution in [3.05, 3.63) is 59.7 Å². The van der Waals surface area contributed by atoms with Gasteiger partial charge in [-0.1, -0.05) is 6.07 Å². The molecule has 0 saturated heterocycles. The minimum absolute atomic E-state index is 0.108. The number of hydrogen-bond acceptors (Lipinski definition) is 5. The topological polar surface area (TPSA) is 103 Å². The van der Waals surface area contributed by atoms with E-state index in [1.165, 1.54) is 0 Å². The number of benzene rings is 2. The number of thiocarbonyl (C=S) groups is 1. The third-order valence-corrected chi connectivity index (χ3v) is 3.51. The van der Waals surface area contributed by atoms with Gasteiger partial charge in [-0.05, 0) is 54.7 Å². The van der Waals surface area contributed by atoms with Crippen LogP contribution in [0, 0.1) is 0 Å². The number of carbonyl (C=O) groups excluding carboxylic acids is 2. The lowest BCUT2D eigenvalue weighted by Crippen LogP contribution is -2.34. The molecule has 0 saturated carbocycles. The molecule has 0 spiro atoms. The first-order valence-electron chi connectivity index (χ1n) is 7.73. The predicted molar refractivity (Wildman–Crippen MR) is 102 cm³/mol. The Labute approximate surface area is 156 Å². The molecule has 4 N–H and O–H groups in total. The fraction of sp³-hybridized carbons (Fsp3) is 0.167. The summed E-state index contributed by atoms with van der Waals surface area (Å²) in [4.78, 5) is 23.4. The van der Waals surface area contributed by atoms with Crippen LogP contribution in [0.3, 0.4) is 0 Å². The molecule has 0 atom stereocenters. The minimum Gasteiger partial charge on any atom is -0.491 e. The lowest BCUT2D eigenvalue weighted by atomic mass is 10.2. The molecule has 0 bridgehead atoms. The third kappa shape index (κ3) is 5.83. The molecule has 2 aromatic rings. The zero-order valence-electron chi connectivity index (χ0n) is 14.2. The number of nitrogens with one attached hydrogen (secondary N) is 2. The van der Waals surface area contributed by atoms with Gasteiger partial charge in [0.05, 0.1) is 6.61 Å². The molecule has 0 aliphatic carbocycles. The van der Waals surface area contributed by atoms with Crippen LogP contribution in [0.25, 0.3) is 0 Å². The van der Waals surface area contributed by atoms with E-state index < -0.39 is 5.91 Å². The SMILES string of the molecule is COCCOc1ccc(C(=O)NC(=S)Nc2cccc(C(N)=O)c2)cc1. The molecule has 136 valence electrons. The van der Waals surface area contributed by atoms with E-state index in [0.29, 0.717) is 35.8 Å². The van der Waals surface area contributed by atoms with Crippen LogP contribution in [-0.4, -0.2) is 37.3 Å². The fourth-order valence-corrected chi connectivity index (χ4v) is 2.24. The largest absolute Gasteiger partial charge is 0.491 e. The van der Waals surface area contributed by atoms with Crippen LogP contribution in [-0.2, 0) is 4.74 Å². The zero-order chi connectivity index (χ0) is 18.9. The molecular weight excluding hydrogens is 354 g/mol. The average molecular weight is 373 g/mol. The number of rotatable bonds is 7. The number of primary amides is 1. The molecule has 0 fully saturated rings. The highest BCUT2D eigenvalue weighted by molar-refractivity contribution is 7.80. The Morgan fingerprint density at radius 3 is 2.46 bits per heavy atom. The standard InChI is InChI=1S/C18H19N3O4S/c1-24-9-10-25-15-7-5-12(6-8-15)17(23)21-18(26)20-14-4-2-3-13(11-14)16(19)22/h2-8,11H,9-10H2,1H3,(H2,19,22)(H2,20,21,23,26). The van der Waals surface area contributed by atoms with Crippen molar-refractivity contribution in [2.75, 3.05) is 25.6 Å². The summed E-state index contributed by atoms with van der Waals surface area (Å²) in [5, 5.41) is 5.51. The summed E-state index contributed by atoms with van der Waals surface area (Å²) in [7, 11) is 1.60. The smallest absolute Gasteiger partial charge is 0.257 e. The van der Waals surface area contributed by atoms with Gasteiger partial charge in [-0.3, -0.25) is 14.9 Å². The first-order valence-corrected chi connectivity index (χ1v) is 8.14. The molecular formula is C18H19N3O4S. The number of hydrogen-bond donors (Lipinski definition) is 3. The van der Waals surface area contributed by atoms with Gasteiger partial charge in [0, 0.05) is 23.9 Å². The monoisotopic (exact) mass is 373 g/mol. The number of amides is 2. The molecule has 0 aromatic heterocycles. The molecule has 0 aliphatic heterocycles. The van der Waals surface area contributed by atoms with Gasteiger partial charge < -0.3 is 20.5 Å². The van der Waals surface area contributed by atoms with Gasteiger partial charge in [0.2, 0.25) is 5.91 Å². The van der Waals surface area contributed by atoms with E-state index in [2.05, 4.69) is 10.6 Å². The van der Waals surface area contributed by atoms with Crippen molar-refractivity contribution in [1.29, 1.82) is 0 Å². The molecule has 7 nitrogen and oxygen atoms in total. The Morgan fingerprint density at radius 1 is 1.08 bits per heavy atom. The van der Waals surface area contributed by atoms with E-state index in [9.17, 15) is 9.59 Å². The molecule has 0 radical (unpaired) electrons. The molecule has 0 heterocycles. The minimum atomic E-state index is -0.545. The van der Waals surface area contributed by atoms with Crippen molar-refractivity contribution in [2.24, 2.45) is 5.73 Å². The highest BCUT2D eigenvalue weighted by Crippen LogP contribution is 2.13. The lowest BCUT2D eigenvalue weighted by Gasteiger charge is -2.11. The highest BCUT2D eigenvalue weighted by Gasteiger charge is 2.09. The number of nitrogens with two attached hydrogens (primary N) is 1. The molecule has 2 aromatic carbocycles. The molecule has 0 aliphatic rings. The van der Waals surface area contributed by atoms with E-state index in [0.717, 1.165) is 0 Å². The van der Waals surface area contributed by atoms with Gasteiger partial charge in [0.25, 0.3) is 5.91 Å². The Kier molecular flexibility index (Phi) is 7.07. The summed E-state index contributed by atoms with van der Waals surface area (Å²) in [6.45, 7) is 0.916.